The predicted molar refractivity (Wildman–Crippen MR) is 70.0 cm³/mol. The second kappa shape index (κ2) is 5.99. The zero-order valence-electron chi connectivity index (χ0n) is 10.00. The lowest BCUT2D eigenvalue weighted by molar-refractivity contribution is 0.296. The summed E-state index contributed by atoms with van der Waals surface area (Å²) in [5.41, 5.74) is 6.43. The molecule has 0 spiro atoms. The van der Waals surface area contributed by atoms with Crippen LogP contribution in [0.25, 0.3) is 0 Å². The maximum absolute atomic E-state index is 13.4. The highest BCUT2D eigenvalue weighted by Crippen LogP contribution is 2.24. The van der Waals surface area contributed by atoms with Gasteiger partial charge >= 0.3 is 0 Å². The largest absolute Gasteiger partial charge is 0.488 e. The Morgan fingerprint density at radius 3 is 2.58 bits per heavy atom. The fraction of sp³-hybridized carbons (Fsp3) is 0.143. The van der Waals surface area contributed by atoms with Gasteiger partial charge in [-0.25, -0.2) is 8.78 Å². The highest BCUT2D eigenvalue weighted by atomic mass is 35.5. The van der Waals surface area contributed by atoms with Gasteiger partial charge in [-0.05, 0) is 36.4 Å². The number of benzene rings is 2. The molecule has 2 N–H and O–H groups in total. The van der Waals surface area contributed by atoms with E-state index < -0.39 is 11.6 Å². The fourth-order valence-electron chi connectivity index (χ4n) is 1.66. The van der Waals surface area contributed by atoms with Crippen molar-refractivity contribution in [3.8, 4) is 5.75 Å². The van der Waals surface area contributed by atoms with E-state index in [0.717, 1.165) is 18.2 Å². The van der Waals surface area contributed by atoms with E-state index in [9.17, 15) is 8.78 Å². The monoisotopic (exact) mass is 283 g/mol. The Kier molecular flexibility index (Phi) is 4.35. The standard InChI is InChI=1S/C14H12ClF2NO/c15-11-1-4-14(9(5-11)7-18)19-8-10-6-12(16)2-3-13(10)17/h1-6H,7-8,18H2. The van der Waals surface area contributed by atoms with Crippen molar-refractivity contribution in [3.63, 3.8) is 0 Å². The Morgan fingerprint density at radius 2 is 1.84 bits per heavy atom. The van der Waals surface area contributed by atoms with E-state index >= 15 is 0 Å². The van der Waals surface area contributed by atoms with Crippen molar-refractivity contribution >= 4 is 11.6 Å². The molecule has 2 rings (SSSR count). The quantitative estimate of drug-likeness (QED) is 0.929. The number of halogens is 3. The molecule has 0 amide bonds. The predicted octanol–water partition coefficient (Wildman–Crippen LogP) is 3.66. The van der Waals surface area contributed by atoms with Crippen molar-refractivity contribution in [2.24, 2.45) is 5.73 Å². The molecule has 0 atom stereocenters. The van der Waals surface area contributed by atoms with Crippen LogP contribution in [-0.2, 0) is 13.2 Å². The molecule has 0 heterocycles. The maximum atomic E-state index is 13.4. The molecule has 0 saturated carbocycles. The molecule has 2 aromatic rings. The van der Waals surface area contributed by atoms with Gasteiger partial charge in [0.25, 0.3) is 0 Å². The van der Waals surface area contributed by atoms with Gasteiger partial charge in [0.05, 0.1) is 0 Å². The lowest BCUT2D eigenvalue weighted by atomic mass is 10.2. The van der Waals surface area contributed by atoms with Crippen LogP contribution in [0.1, 0.15) is 11.1 Å². The van der Waals surface area contributed by atoms with Crippen LogP contribution in [0.3, 0.4) is 0 Å². The van der Waals surface area contributed by atoms with Crippen LogP contribution in [0, 0.1) is 11.6 Å². The van der Waals surface area contributed by atoms with Crippen molar-refractivity contribution in [2.75, 3.05) is 0 Å². The van der Waals surface area contributed by atoms with Crippen LogP contribution in [0.15, 0.2) is 36.4 Å². The average Bonchev–Trinajstić information content (AvgIpc) is 2.40. The van der Waals surface area contributed by atoms with Gasteiger partial charge in [0.15, 0.2) is 0 Å². The lowest BCUT2D eigenvalue weighted by Crippen LogP contribution is -2.04. The van der Waals surface area contributed by atoms with Gasteiger partial charge in [-0.15, -0.1) is 0 Å². The molecule has 0 fully saturated rings. The van der Waals surface area contributed by atoms with E-state index in [0.29, 0.717) is 16.3 Å². The third-order valence-corrected chi connectivity index (χ3v) is 2.87. The van der Waals surface area contributed by atoms with Crippen molar-refractivity contribution in [1.82, 2.24) is 0 Å². The minimum atomic E-state index is -0.510. The summed E-state index contributed by atoms with van der Waals surface area (Å²) >= 11 is 5.84. The molecule has 100 valence electrons. The maximum Gasteiger partial charge on any atom is 0.130 e. The number of hydrogen-bond acceptors (Lipinski definition) is 2. The van der Waals surface area contributed by atoms with E-state index in [1.54, 1.807) is 18.2 Å². The SMILES string of the molecule is NCc1cc(Cl)ccc1OCc1cc(F)ccc1F. The zero-order valence-corrected chi connectivity index (χ0v) is 10.8. The van der Waals surface area contributed by atoms with Crippen molar-refractivity contribution in [2.45, 2.75) is 13.2 Å². The minimum Gasteiger partial charge on any atom is -0.488 e. The number of ether oxygens (including phenoxy) is 1. The number of nitrogens with two attached hydrogens (primary N) is 1. The molecule has 2 nitrogen and oxygen atoms in total. The highest BCUT2D eigenvalue weighted by molar-refractivity contribution is 6.30. The molecule has 2 aromatic carbocycles. The van der Waals surface area contributed by atoms with E-state index in [-0.39, 0.29) is 18.7 Å². The van der Waals surface area contributed by atoms with Crippen molar-refractivity contribution in [1.29, 1.82) is 0 Å². The van der Waals surface area contributed by atoms with Crippen LogP contribution in [0.4, 0.5) is 8.78 Å². The summed E-state index contributed by atoms with van der Waals surface area (Å²) in [4.78, 5) is 0. The topological polar surface area (TPSA) is 35.2 Å². The van der Waals surface area contributed by atoms with E-state index in [2.05, 4.69) is 0 Å². The smallest absolute Gasteiger partial charge is 0.130 e. The Balaban J connectivity index is 2.16. The molecule has 0 aliphatic carbocycles. The molecule has 0 radical (unpaired) electrons. The number of hydrogen-bond donors (Lipinski definition) is 1. The molecule has 0 bridgehead atoms. The van der Waals surface area contributed by atoms with Crippen LogP contribution < -0.4 is 10.5 Å². The summed E-state index contributed by atoms with van der Waals surface area (Å²) in [7, 11) is 0. The molecule has 0 aromatic heterocycles. The molecular weight excluding hydrogens is 272 g/mol. The Labute approximate surface area is 114 Å². The summed E-state index contributed by atoms with van der Waals surface area (Å²) in [6.45, 7) is 0.180. The summed E-state index contributed by atoms with van der Waals surface area (Å²) in [6, 6.07) is 8.22. The van der Waals surface area contributed by atoms with E-state index in [4.69, 9.17) is 22.1 Å². The third-order valence-electron chi connectivity index (χ3n) is 2.63. The van der Waals surface area contributed by atoms with Gasteiger partial charge in [-0.2, -0.15) is 0 Å². The molecule has 0 aliphatic heterocycles. The second-order valence-electron chi connectivity index (χ2n) is 3.98. The first-order valence-electron chi connectivity index (χ1n) is 5.65. The fourth-order valence-corrected chi connectivity index (χ4v) is 1.85. The lowest BCUT2D eigenvalue weighted by Gasteiger charge is -2.11. The number of rotatable bonds is 4. The summed E-state index contributed by atoms with van der Waals surface area (Å²) < 4.78 is 31.9. The minimum absolute atomic E-state index is 0.0712. The van der Waals surface area contributed by atoms with E-state index in [1.165, 1.54) is 0 Å². The van der Waals surface area contributed by atoms with Crippen LogP contribution in [-0.4, -0.2) is 0 Å². The first-order chi connectivity index (χ1) is 9.10. The van der Waals surface area contributed by atoms with Crippen molar-refractivity contribution in [3.05, 3.63) is 64.2 Å². The van der Waals surface area contributed by atoms with Crippen molar-refractivity contribution < 1.29 is 13.5 Å². The van der Waals surface area contributed by atoms with Gasteiger partial charge in [-0.3, -0.25) is 0 Å². The normalized spacial score (nSPS) is 10.5. The molecule has 0 aliphatic rings. The van der Waals surface area contributed by atoms with Crippen LogP contribution in [0.5, 0.6) is 5.75 Å². The second-order valence-corrected chi connectivity index (χ2v) is 4.42. The summed E-state index contributed by atoms with van der Waals surface area (Å²) in [6.07, 6.45) is 0. The molecule has 5 heteroatoms. The zero-order chi connectivity index (χ0) is 13.8. The molecular formula is C14H12ClF2NO. The van der Waals surface area contributed by atoms with Gasteiger partial charge in [0.1, 0.15) is 24.0 Å². The van der Waals surface area contributed by atoms with Gasteiger partial charge in [-0.1, -0.05) is 11.6 Å². The van der Waals surface area contributed by atoms with E-state index in [1.807, 2.05) is 0 Å². The molecule has 19 heavy (non-hydrogen) atoms. The van der Waals surface area contributed by atoms with Gasteiger partial charge in [0.2, 0.25) is 0 Å². The van der Waals surface area contributed by atoms with Gasteiger partial charge < -0.3 is 10.5 Å². The van der Waals surface area contributed by atoms with Crippen LogP contribution in [0.2, 0.25) is 5.02 Å². The molecule has 0 saturated heterocycles. The third kappa shape index (κ3) is 3.43. The summed E-state index contributed by atoms with van der Waals surface area (Å²) in [5.74, 6) is -0.504. The average molecular weight is 284 g/mol. The first kappa shape index (κ1) is 13.8. The summed E-state index contributed by atoms with van der Waals surface area (Å²) in [5, 5.41) is 0.546. The van der Waals surface area contributed by atoms with Crippen LogP contribution >= 0.6 is 11.6 Å². The Bertz CT molecular complexity index is 590. The molecule has 0 unspecified atom stereocenters. The highest BCUT2D eigenvalue weighted by Gasteiger charge is 2.07. The Hall–Kier alpha value is -1.65. The van der Waals surface area contributed by atoms with Gasteiger partial charge in [0, 0.05) is 22.7 Å². The Morgan fingerprint density at radius 1 is 1.05 bits per heavy atom. The first-order valence-corrected chi connectivity index (χ1v) is 6.03.